The van der Waals surface area contributed by atoms with Crippen LogP contribution in [0.3, 0.4) is 0 Å². The van der Waals surface area contributed by atoms with Crippen molar-refractivity contribution in [2.75, 3.05) is 24.6 Å². The van der Waals surface area contributed by atoms with Crippen LogP contribution in [-0.2, 0) is 4.74 Å². The van der Waals surface area contributed by atoms with Crippen molar-refractivity contribution in [1.82, 2.24) is 4.90 Å². The highest BCUT2D eigenvalue weighted by atomic mass is 16.5. The third-order valence-electron chi connectivity index (χ3n) is 4.22. The average molecular weight is 290 g/mol. The van der Waals surface area contributed by atoms with Gasteiger partial charge < -0.3 is 9.64 Å². The minimum Gasteiger partial charge on any atom is -0.345 e. The first-order valence-corrected chi connectivity index (χ1v) is 7.98. The van der Waals surface area contributed by atoms with Crippen molar-refractivity contribution in [3.8, 4) is 0 Å². The van der Waals surface area contributed by atoms with Gasteiger partial charge in [-0.05, 0) is 59.6 Å². The molecule has 0 aromatic heterocycles. The molecule has 21 heavy (non-hydrogen) atoms. The molecule has 2 rings (SSSR count). The van der Waals surface area contributed by atoms with E-state index < -0.39 is 0 Å². The van der Waals surface area contributed by atoms with Crippen LogP contribution < -0.4 is 4.90 Å². The summed E-state index contributed by atoms with van der Waals surface area (Å²) in [5.41, 5.74) is 5.46. The number of hydrogen-bond acceptors (Lipinski definition) is 3. The zero-order valence-electron chi connectivity index (χ0n) is 14.7. The van der Waals surface area contributed by atoms with Crippen molar-refractivity contribution in [2.45, 2.75) is 60.4 Å². The molecule has 1 heterocycles. The van der Waals surface area contributed by atoms with Gasteiger partial charge in [-0.1, -0.05) is 17.7 Å². The van der Waals surface area contributed by atoms with E-state index in [0.29, 0.717) is 0 Å². The van der Waals surface area contributed by atoms with Gasteiger partial charge in [-0.15, -0.1) is 0 Å². The molecule has 0 amide bonds. The molecule has 1 unspecified atom stereocenters. The Bertz CT molecular complexity index is 481. The molecule has 1 saturated heterocycles. The number of aryl methyl sites for hydroxylation is 3. The van der Waals surface area contributed by atoms with E-state index in [4.69, 9.17) is 4.74 Å². The number of nitrogens with zero attached hydrogens (tertiary/aromatic N) is 2. The summed E-state index contributed by atoms with van der Waals surface area (Å²) in [5, 5.41) is 0. The van der Waals surface area contributed by atoms with Gasteiger partial charge in [0.2, 0.25) is 0 Å². The summed E-state index contributed by atoms with van der Waals surface area (Å²) < 4.78 is 6.10. The molecule has 0 saturated carbocycles. The molecular weight excluding hydrogens is 260 g/mol. The maximum absolute atomic E-state index is 6.10. The van der Waals surface area contributed by atoms with E-state index in [0.717, 1.165) is 19.7 Å². The second-order valence-corrected chi connectivity index (χ2v) is 7.09. The van der Waals surface area contributed by atoms with E-state index in [1.54, 1.807) is 0 Å². The molecule has 0 bridgehead atoms. The van der Waals surface area contributed by atoms with Crippen molar-refractivity contribution < 1.29 is 4.74 Å². The molecule has 1 aliphatic rings. The van der Waals surface area contributed by atoms with Crippen molar-refractivity contribution >= 4 is 5.69 Å². The minimum absolute atomic E-state index is 0.0371. The van der Waals surface area contributed by atoms with Gasteiger partial charge in [0, 0.05) is 30.9 Å². The first kappa shape index (κ1) is 16.3. The number of ether oxygens (including phenoxy) is 1. The zero-order chi connectivity index (χ0) is 15.8. The summed E-state index contributed by atoms with van der Waals surface area (Å²) in [7, 11) is 0. The molecule has 0 aliphatic carbocycles. The Morgan fingerprint density at radius 3 is 2.14 bits per heavy atom. The van der Waals surface area contributed by atoms with Crippen LogP contribution in [0.1, 0.15) is 44.4 Å². The van der Waals surface area contributed by atoms with Crippen LogP contribution in [0.4, 0.5) is 5.69 Å². The topological polar surface area (TPSA) is 15.7 Å². The van der Waals surface area contributed by atoms with Gasteiger partial charge in [0.1, 0.15) is 0 Å². The molecule has 0 radical (unpaired) electrons. The SMILES string of the molecule is CCOC1N(c2c(C)cc(C)cc2C)CCN1C(C)(C)C. The molecule has 1 aromatic rings. The highest BCUT2D eigenvalue weighted by molar-refractivity contribution is 5.61. The highest BCUT2D eigenvalue weighted by Gasteiger charge is 2.39. The fourth-order valence-corrected chi connectivity index (χ4v) is 3.45. The van der Waals surface area contributed by atoms with Gasteiger partial charge in [-0.25, -0.2) is 0 Å². The second-order valence-electron chi connectivity index (χ2n) is 7.09. The van der Waals surface area contributed by atoms with Gasteiger partial charge in [0.15, 0.2) is 6.35 Å². The second kappa shape index (κ2) is 5.98. The van der Waals surface area contributed by atoms with Gasteiger partial charge >= 0.3 is 0 Å². The fraction of sp³-hybridized carbons (Fsp3) is 0.667. The van der Waals surface area contributed by atoms with Crippen LogP contribution in [0.5, 0.6) is 0 Å². The number of rotatable bonds is 3. The van der Waals surface area contributed by atoms with Crippen molar-refractivity contribution in [1.29, 1.82) is 0 Å². The molecule has 1 aliphatic heterocycles. The summed E-state index contributed by atoms with van der Waals surface area (Å²) in [5.74, 6) is 0. The smallest absolute Gasteiger partial charge is 0.189 e. The Morgan fingerprint density at radius 2 is 1.67 bits per heavy atom. The normalized spacial score (nSPS) is 20.3. The lowest BCUT2D eigenvalue weighted by Crippen LogP contribution is -2.50. The summed E-state index contributed by atoms with van der Waals surface area (Å²) in [6.07, 6.45) is 0.0371. The van der Waals surface area contributed by atoms with Crippen molar-refractivity contribution in [3.63, 3.8) is 0 Å². The molecule has 3 nitrogen and oxygen atoms in total. The number of hydrogen-bond donors (Lipinski definition) is 0. The van der Waals surface area contributed by atoms with Crippen LogP contribution in [-0.4, -0.2) is 36.5 Å². The van der Waals surface area contributed by atoms with Crippen LogP contribution in [0, 0.1) is 20.8 Å². The third-order valence-corrected chi connectivity index (χ3v) is 4.22. The summed E-state index contributed by atoms with van der Waals surface area (Å²) in [6, 6.07) is 4.54. The first-order valence-electron chi connectivity index (χ1n) is 7.98. The average Bonchev–Trinajstić information content (AvgIpc) is 2.72. The molecular formula is C18H30N2O. The van der Waals surface area contributed by atoms with Crippen LogP contribution in [0.2, 0.25) is 0 Å². The van der Waals surface area contributed by atoms with Gasteiger partial charge in [-0.2, -0.15) is 0 Å². The molecule has 1 atom stereocenters. The van der Waals surface area contributed by atoms with Gasteiger partial charge in [-0.3, -0.25) is 4.90 Å². The Kier molecular flexibility index (Phi) is 4.64. The van der Waals surface area contributed by atoms with Gasteiger partial charge in [0.25, 0.3) is 0 Å². The Labute approximate surface area is 129 Å². The predicted octanol–water partition coefficient (Wildman–Crippen LogP) is 3.85. The van der Waals surface area contributed by atoms with Gasteiger partial charge in [0.05, 0.1) is 0 Å². The van der Waals surface area contributed by atoms with Crippen LogP contribution in [0.25, 0.3) is 0 Å². The standard InChI is InChI=1S/C18H30N2O/c1-8-21-17-19(9-10-20(17)18(5,6)7)16-14(3)11-13(2)12-15(16)4/h11-12,17H,8-10H2,1-7H3. The molecule has 0 N–H and O–H groups in total. The molecule has 1 fully saturated rings. The number of benzene rings is 1. The Balaban J connectivity index is 2.40. The summed E-state index contributed by atoms with van der Waals surface area (Å²) >= 11 is 0. The molecule has 3 heteroatoms. The Morgan fingerprint density at radius 1 is 1.10 bits per heavy atom. The lowest BCUT2D eigenvalue weighted by Gasteiger charge is -2.39. The monoisotopic (exact) mass is 290 g/mol. The number of anilines is 1. The van der Waals surface area contributed by atoms with Crippen LogP contribution in [0.15, 0.2) is 12.1 Å². The summed E-state index contributed by atoms with van der Waals surface area (Å²) in [6.45, 7) is 18.2. The third kappa shape index (κ3) is 3.24. The maximum Gasteiger partial charge on any atom is 0.189 e. The van der Waals surface area contributed by atoms with E-state index in [-0.39, 0.29) is 11.9 Å². The lowest BCUT2D eigenvalue weighted by atomic mass is 10.0. The van der Waals surface area contributed by atoms with Crippen LogP contribution >= 0.6 is 0 Å². The predicted molar refractivity (Wildman–Crippen MR) is 89.9 cm³/mol. The Hall–Kier alpha value is -1.06. The first-order chi connectivity index (χ1) is 9.75. The zero-order valence-corrected chi connectivity index (χ0v) is 14.7. The highest BCUT2D eigenvalue weighted by Crippen LogP contribution is 2.34. The lowest BCUT2D eigenvalue weighted by molar-refractivity contribution is -0.0659. The van der Waals surface area contributed by atoms with Crippen molar-refractivity contribution in [3.05, 3.63) is 28.8 Å². The minimum atomic E-state index is 0.0371. The van der Waals surface area contributed by atoms with Crippen molar-refractivity contribution in [2.24, 2.45) is 0 Å². The van der Waals surface area contributed by atoms with E-state index in [2.05, 4.69) is 70.4 Å². The maximum atomic E-state index is 6.10. The van der Waals surface area contributed by atoms with E-state index in [9.17, 15) is 0 Å². The summed E-state index contributed by atoms with van der Waals surface area (Å²) in [4.78, 5) is 4.88. The largest absolute Gasteiger partial charge is 0.345 e. The molecule has 1 aromatic carbocycles. The quantitative estimate of drug-likeness (QED) is 0.841. The molecule has 118 valence electrons. The van der Waals surface area contributed by atoms with E-state index in [1.165, 1.54) is 22.4 Å². The molecule has 0 spiro atoms. The van der Waals surface area contributed by atoms with E-state index >= 15 is 0 Å². The van der Waals surface area contributed by atoms with E-state index in [1.807, 2.05) is 0 Å². The fourth-order valence-electron chi connectivity index (χ4n) is 3.45.